The van der Waals surface area contributed by atoms with Gasteiger partial charge in [-0.05, 0) is 6.07 Å². The number of halogens is 1. The number of nitro groups is 1. The highest BCUT2D eigenvalue weighted by molar-refractivity contribution is 6.03. The smallest absolute Gasteiger partial charge is 0.355 e. The van der Waals surface area contributed by atoms with Crippen LogP contribution in [0.15, 0.2) is 12.1 Å². The van der Waals surface area contributed by atoms with Crippen molar-refractivity contribution in [2.24, 2.45) is 0 Å². The molecule has 2 rings (SSSR count). The van der Waals surface area contributed by atoms with Crippen LogP contribution in [0.5, 0.6) is 0 Å². The first-order valence-electron chi connectivity index (χ1n) is 5.32. The third kappa shape index (κ3) is 2.07. The zero-order valence-corrected chi connectivity index (χ0v) is 9.75. The second-order valence-corrected chi connectivity index (χ2v) is 3.69. The summed E-state index contributed by atoms with van der Waals surface area (Å²) >= 11 is 0. The van der Waals surface area contributed by atoms with Crippen molar-refractivity contribution < 1.29 is 19.2 Å². The number of nitro benzene ring substituents is 1. The quantitative estimate of drug-likeness (QED) is 0.671. The van der Waals surface area contributed by atoms with Crippen LogP contribution in [0.25, 0.3) is 10.9 Å². The van der Waals surface area contributed by atoms with Gasteiger partial charge in [0.1, 0.15) is 11.6 Å². The third-order valence-electron chi connectivity index (χ3n) is 2.54. The first-order chi connectivity index (χ1) is 8.95. The van der Waals surface area contributed by atoms with Gasteiger partial charge in [-0.1, -0.05) is 6.92 Å². The van der Waals surface area contributed by atoms with Crippen molar-refractivity contribution in [1.29, 1.82) is 0 Å². The summed E-state index contributed by atoms with van der Waals surface area (Å²) in [6, 6.07) is 1.79. The van der Waals surface area contributed by atoms with Gasteiger partial charge >= 0.3 is 5.97 Å². The maximum absolute atomic E-state index is 13.7. The fourth-order valence-electron chi connectivity index (χ4n) is 1.69. The van der Waals surface area contributed by atoms with E-state index in [0.717, 1.165) is 12.1 Å². The molecular formula is C11H8FN3O4. The predicted molar refractivity (Wildman–Crippen MR) is 62.5 cm³/mol. The van der Waals surface area contributed by atoms with Gasteiger partial charge in [-0.2, -0.15) is 0 Å². The fourth-order valence-corrected chi connectivity index (χ4v) is 1.69. The van der Waals surface area contributed by atoms with Crippen molar-refractivity contribution in [3.8, 4) is 0 Å². The molecule has 0 spiro atoms. The zero-order chi connectivity index (χ0) is 14.2. The second kappa shape index (κ2) is 4.56. The highest BCUT2D eigenvalue weighted by Gasteiger charge is 2.23. The lowest BCUT2D eigenvalue weighted by Gasteiger charge is -2.05. The van der Waals surface area contributed by atoms with Crippen LogP contribution in [0.1, 0.15) is 23.2 Å². The number of carboxylic acid groups (broad SMARTS) is 1. The second-order valence-electron chi connectivity index (χ2n) is 3.69. The van der Waals surface area contributed by atoms with Crippen LogP contribution < -0.4 is 0 Å². The number of fused-ring (bicyclic) bond motifs is 1. The zero-order valence-electron chi connectivity index (χ0n) is 9.75. The topological polar surface area (TPSA) is 106 Å². The molecule has 7 nitrogen and oxygen atoms in total. The first kappa shape index (κ1) is 12.8. The lowest BCUT2D eigenvalue weighted by molar-refractivity contribution is -0.383. The molecule has 1 aromatic heterocycles. The number of aryl methyl sites for hydroxylation is 1. The molecule has 0 fully saturated rings. The highest BCUT2D eigenvalue weighted by Crippen LogP contribution is 2.28. The van der Waals surface area contributed by atoms with Crippen molar-refractivity contribution in [3.63, 3.8) is 0 Å². The molecule has 0 bridgehead atoms. The third-order valence-corrected chi connectivity index (χ3v) is 2.54. The molecule has 2 aromatic rings. The molecule has 0 aliphatic rings. The van der Waals surface area contributed by atoms with Crippen LogP contribution in [0, 0.1) is 15.9 Å². The number of nitrogens with zero attached hydrogens (tertiary/aromatic N) is 3. The molecule has 1 aromatic carbocycles. The summed E-state index contributed by atoms with van der Waals surface area (Å²) in [6.07, 6.45) is 0.282. The summed E-state index contributed by atoms with van der Waals surface area (Å²) in [4.78, 5) is 28.8. The lowest BCUT2D eigenvalue weighted by atomic mass is 10.1. The number of hydrogen-bond acceptors (Lipinski definition) is 5. The predicted octanol–water partition coefficient (Wildman–Crippen LogP) is 1.94. The molecule has 0 aliphatic heterocycles. The molecule has 0 unspecified atom stereocenters. The summed E-state index contributed by atoms with van der Waals surface area (Å²) in [6.45, 7) is 1.66. The van der Waals surface area contributed by atoms with Crippen molar-refractivity contribution in [1.82, 2.24) is 9.97 Å². The first-order valence-corrected chi connectivity index (χ1v) is 5.32. The van der Waals surface area contributed by atoms with Crippen LogP contribution in [-0.2, 0) is 6.42 Å². The minimum atomic E-state index is -1.46. The largest absolute Gasteiger partial charge is 0.476 e. The monoisotopic (exact) mass is 265 g/mol. The Labute approximate surface area is 105 Å². The van der Waals surface area contributed by atoms with Crippen molar-refractivity contribution in [3.05, 3.63) is 39.6 Å². The van der Waals surface area contributed by atoms with Gasteiger partial charge in [0.2, 0.25) is 0 Å². The average molecular weight is 265 g/mol. The van der Waals surface area contributed by atoms with Gasteiger partial charge in [0.05, 0.1) is 10.3 Å². The summed E-state index contributed by atoms with van der Waals surface area (Å²) in [5.74, 6) is -2.25. The Morgan fingerprint density at radius 1 is 1.47 bits per heavy atom. The van der Waals surface area contributed by atoms with E-state index in [0.29, 0.717) is 0 Å². The standard InChI is InChI=1S/C11H8FN3O4/c1-2-7-13-9-6(15(18)19)4-3-5(12)8(9)10(14-7)11(16)17/h3-4H,2H2,1H3,(H,16,17). The van der Waals surface area contributed by atoms with E-state index in [1.165, 1.54) is 0 Å². The van der Waals surface area contributed by atoms with E-state index < -0.39 is 33.5 Å². The summed E-state index contributed by atoms with van der Waals surface area (Å²) < 4.78 is 13.7. The van der Waals surface area contributed by atoms with Gasteiger partial charge in [0.25, 0.3) is 5.69 Å². The SMILES string of the molecule is CCc1nc(C(=O)O)c2c(F)ccc([N+](=O)[O-])c2n1. The van der Waals surface area contributed by atoms with Crippen molar-refractivity contribution in [2.75, 3.05) is 0 Å². The van der Waals surface area contributed by atoms with Crippen LogP contribution in [0.3, 0.4) is 0 Å². The summed E-state index contributed by atoms with van der Waals surface area (Å²) in [7, 11) is 0. The van der Waals surface area contributed by atoms with Gasteiger partial charge in [0, 0.05) is 12.5 Å². The Morgan fingerprint density at radius 2 is 2.16 bits per heavy atom. The minimum Gasteiger partial charge on any atom is -0.476 e. The Kier molecular flexibility index (Phi) is 3.07. The molecule has 0 amide bonds. The van der Waals surface area contributed by atoms with Crippen LogP contribution in [0.2, 0.25) is 0 Å². The average Bonchev–Trinajstić information content (AvgIpc) is 2.37. The fraction of sp³-hybridized carbons (Fsp3) is 0.182. The van der Waals surface area contributed by atoms with Crippen LogP contribution in [0.4, 0.5) is 10.1 Å². The molecule has 0 atom stereocenters. The number of carboxylic acids is 1. The van der Waals surface area contributed by atoms with E-state index in [2.05, 4.69) is 9.97 Å². The van der Waals surface area contributed by atoms with E-state index >= 15 is 0 Å². The number of carbonyl (C=O) groups is 1. The van der Waals surface area contributed by atoms with Crippen molar-refractivity contribution in [2.45, 2.75) is 13.3 Å². The molecule has 98 valence electrons. The van der Waals surface area contributed by atoms with E-state index in [4.69, 9.17) is 5.11 Å². The number of non-ortho nitro benzene ring substituents is 1. The minimum absolute atomic E-state index is 0.110. The molecule has 19 heavy (non-hydrogen) atoms. The molecule has 0 aliphatic carbocycles. The van der Waals surface area contributed by atoms with Crippen LogP contribution in [-0.4, -0.2) is 26.0 Å². The number of rotatable bonds is 3. The molecular weight excluding hydrogens is 257 g/mol. The molecule has 1 N–H and O–H groups in total. The maximum Gasteiger partial charge on any atom is 0.355 e. The van der Waals surface area contributed by atoms with Gasteiger partial charge in [-0.15, -0.1) is 0 Å². The van der Waals surface area contributed by atoms with Crippen molar-refractivity contribution >= 4 is 22.6 Å². The number of aromatic nitrogens is 2. The molecule has 1 heterocycles. The van der Waals surface area contributed by atoms with E-state index in [1.807, 2.05) is 0 Å². The van der Waals surface area contributed by atoms with E-state index in [-0.39, 0.29) is 17.8 Å². The highest BCUT2D eigenvalue weighted by atomic mass is 19.1. The number of hydrogen-bond donors (Lipinski definition) is 1. The Bertz CT molecular complexity index is 702. The summed E-state index contributed by atoms with van der Waals surface area (Å²) in [5, 5.41) is 19.5. The maximum atomic E-state index is 13.7. The summed E-state index contributed by atoms with van der Waals surface area (Å²) in [5.41, 5.74) is -1.31. The number of benzene rings is 1. The van der Waals surface area contributed by atoms with E-state index in [9.17, 15) is 19.3 Å². The number of aromatic carboxylic acids is 1. The van der Waals surface area contributed by atoms with Gasteiger partial charge < -0.3 is 5.11 Å². The lowest BCUT2D eigenvalue weighted by Crippen LogP contribution is -2.08. The van der Waals surface area contributed by atoms with Gasteiger partial charge in [-0.25, -0.2) is 19.2 Å². The normalized spacial score (nSPS) is 10.6. The van der Waals surface area contributed by atoms with E-state index in [1.54, 1.807) is 6.92 Å². The van der Waals surface area contributed by atoms with Gasteiger partial charge in [-0.3, -0.25) is 10.1 Å². The molecule has 0 radical (unpaired) electrons. The molecule has 0 saturated heterocycles. The Balaban J connectivity index is 2.99. The Morgan fingerprint density at radius 3 is 2.68 bits per heavy atom. The van der Waals surface area contributed by atoms with Gasteiger partial charge in [0.15, 0.2) is 11.2 Å². The van der Waals surface area contributed by atoms with Crippen LogP contribution >= 0.6 is 0 Å². The molecule has 8 heteroatoms. The Hall–Kier alpha value is -2.64. The molecule has 0 saturated carbocycles.